The smallest absolute Gasteiger partial charge is 0.244 e. The molecule has 0 aliphatic rings. The van der Waals surface area contributed by atoms with E-state index in [1.54, 1.807) is 7.11 Å². The van der Waals surface area contributed by atoms with Crippen molar-refractivity contribution in [1.29, 1.82) is 0 Å². The topological polar surface area (TPSA) is 88.7 Å². The summed E-state index contributed by atoms with van der Waals surface area (Å²) in [5.41, 5.74) is 6.06. The molecule has 0 spiro atoms. The number of nitrogens with zero attached hydrogens (tertiary/aromatic N) is 2. The summed E-state index contributed by atoms with van der Waals surface area (Å²) >= 11 is 0. The SMILES string of the molecule is COCCOCCCOc1ncnc(OC)c1N. The second-order valence-electron chi connectivity index (χ2n) is 3.41. The Kier molecular flexibility index (Phi) is 6.82. The lowest BCUT2D eigenvalue weighted by molar-refractivity contribution is 0.0642. The van der Waals surface area contributed by atoms with Crippen LogP contribution in [-0.4, -0.2) is 50.6 Å². The van der Waals surface area contributed by atoms with Crippen molar-refractivity contribution >= 4 is 5.69 Å². The fourth-order valence-corrected chi connectivity index (χ4v) is 1.22. The van der Waals surface area contributed by atoms with E-state index in [4.69, 9.17) is 24.7 Å². The molecule has 0 amide bonds. The summed E-state index contributed by atoms with van der Waals surface area (Å²) in [6.07, 6.45) is 2.09. The van der Waals surface area contributed by atoms with Gasteiger partial charge in [0.05, 0.1) is 26.9 Å². The van der Waals surface area contributed by atoms with Crippen LogP contribution in [-0.2, 0) is 9.47 Å². The first-order valence-corrected chi connectivity index (χ1v) is 5.63. The molecule has 1 aromatic heterocycles. The molecular weight excluding hydrogens is 238 g/mol. The fourth-order valence-electron chi connectivity index (χ4n) is 1.22. The summed E-state index contributed by atoms with van der Waals surface area (Å²) in [6.45, 7) is 2.25. The third-order valence-electron chi connectivity index (χ3n) is 2.11. The van der Waals surface area contributed by atoms with E-state index in [1.807, 2.05) is 0 Å². The molecule has 0 unspecified atom stereocenters. The lowest BCUT2D eigenvalue weighted by Crippen LogP contribution is -2.08. The number of hydrogen-bond donors (Lipinski definition) is 1. The van der Waals surface area contributed by atoms with E-state index in [0.717, 1.165) is 6.42 Å². The number of nitrogens with two attached hydrogens (primary N) is 1. The number of methoxy groups -OCH3 is 2. The number of nitrogen functional groups attached to an aromatic ring is 1. The zero-order chi connectivity index (χ0) is 13.2. The first kappa shape index (κ1) is 14.5. The standard InChI is InChI=1S/C11H19N3O4/c1-15-6-7-17-4-3-5-18-11-9(12)10(16-2)13-8-14-11/h8H,3-7,12H2,1-2H3. The van der Waals surface area contributed by atoms with Crippen LogP contribution in [0.4, 0.5) is 5.69 Å². The maximum atomic E-state index is 5.75. The minimum absolute atomic E-state index is 0.306. The Bertz CT molecular complexity index is 349. The maximum Gasteiger partial charge on any atom is 0.244 e. The molecule has 7 heteroatoms. The molecule has 0 aromatic carbocycles. The van der Waals surface area contributed by atoms with Crippen LogP contribution in [0.15, 0.2) is 6.33 Å². The summed E-state index contributed by atoms with van der Waals surface area (Å²) < 4.78 is 20.5. The molecule has 1 heterocycles. The van der Waals surface area contributed by atoms with Gasteiger partial charge in [0.2, 0.25) is 11.8 Å². The van der Waals surface area contributed by atoms with Crippen molar-refractivity contribution in [3.8, 4) is 11.8 Å². The fraction of sp³-hybridized carbons (Fsp3) is 0.636. The molecule has 0 radical (unpaired) electrons. The Labute approximate surface area is 106 Å². The van der Waals surface area contributed by atoms with E-state index >= 15 is 0 Å². The number of ether oxygens (including phenoxy) is 4. The molecule has 18 heavy (non-hydrogen) atoms. The summed E-state index contributed by atoms with van der Waals surface area (Å²) in [6, 6.07) is 0. The van der Waals surface area contributed by atoms with Crippen LogP contribution in [0.25, 0.3) is 0 Å². The Morgan fingerprint density at radius 3 is 2.56 bits per heavy atom. The van der Waals surface area contributed by atoms with Gasteiger partial charge in [-0.05, 0) is 0 Å². The molecule has 7 nitrogen and oxygen atoms in total. The largest absolute Gasteiger partial charge is 0.479 e. The minimum atomic E-state index is 0.306. The molecule has 0 atom stereocenters. The molecular formula is C11H19N3O4. The summed E-state index contributed by atoms with van der Waals surface area (Å²) in [7, 11) is 3.13. The zero-order valence-electron chi connectivity index (χ0n) is 10.7. The van der Waals surface area contributed by atoms with E-state index in [1.165, 1.54) is 13.4 Å². The van der Waals surface area contributed by atoms with Gasteiger partial charge in [0.15, 0.2) is 5.69 Å². The van der Waals surface area contributed by atoms with Gasteiger partial charge in [0.1, 0.15) is 6.33 Å². The van der Waals surface area contributed by atoms with Crippen molar-refractivity contribution in [3.63, 3.8) is 0 Å². The van der Waals surface area contributed by atoms with E-state index in [2.05, 4.69) is 9.97 Å². The number of hydrogen-bond acceptors (Lipinski definition) is 7. The lowest BCUT2D eigenvalue weighted by atomic mass is 10.4. The minimum Gasteiger partial charge on any atom is -0.479 e. The first-order chi connectivity index (χ1) is 8.79. The second-order valence-corrected chi connectivity index (χ2v) is 3.41. The Hall–Kier alpha value is -1.60. The molecule has 0 bridgehead atoms. The molecule has 0 fully saturated rings. The average molecular weight is 257 g/mol. The molecule has 2 N–H and O–H groups in total. The van der Waals surface area contributed by atoms with Gasteiger partial charge >= 0.3 is 0 Å². The predicted octanol–water partition coefficient (Wildman–Crippen LogP) is 0.499. The highest BCUT2D eigenvalue weighted by atomic mass is 16.5. The number of aromatic nitrogens is 2. The summed E-state index contributed by atoms with van der Waals surface area (Å²) in [5, 5.41) is 0. The van der Waals surface area contributed by atoms with Crippen LogP contribution in [0, 0.1) is 0 Å². The van der Waals surface area contributed by atoms with Crippen LogP contribution in [0.2, 0.25) is 0 Å². The highest BCUT2D eigenvalue weighted by molar-refractivity contribution is 5.55. The van der Waals surface area contributed by atoms with E-state index in [0.29, 0.717) is 43.9 Å². The first-order valence-electron chi connectivity index (χ1n) is 5.63. The van der Waals surface area contributed by atoms with Gasteiger partial charge in [0, 0.05) is 20.1 Å². The maximum absolute atomic E-state index is 5.75. The van der Waals surface area contributed by atoms with Crippen molar-refractivity contribution in [1.82, 2.24) is 9.97 Å². The Balaban J connectivity index is 2.23. The third kappa shape index (κ3) is 4.72. The van der Waals surface area contributed by atoms with Gasteiger partial charge in [-0.15, -0.1) is 0 Å². The normalized spacial score (nSPS) is 10.3. The third-order valence-corrected chi connectivity index (χ3v) is 2.11. The monoisotopic (exact) mass is 257 g/mol. The molecule has 0 saturated carbocycles. The van der Waals surface area contributed by atoms with Crippen LogP contribution in [0.3, 0.4) is 0 Å². The molecule has 0 aliphatic carbocycles. The number of rotatable bonds is 9. The van der Waals surface area contributed by atoms with Crippen LogP contribution < -0.4 is 15.2 Å². The molecule has 1 rings (SSSR count). The van der Waals surface area contributed by atoms with E-state index in [-0.39, 0.29) is 0 Å². The second kappa shape index (κ2) is 8.48. The van der Waals surface area contributed by atoms with Gasteiger partial charge in [0.25, 0.3) is 0 Å². The van der Waals surface area contributed by atoms with Gasteiger partial charge < -0.3 is 24.7 Å². The Morgan fingerprint density at radius 2 is 1.83 bits per heavy atom. The van der Waals surface area contributed by atoms with Gasteiger partial charge in [-0.2, -0.15) is 9.97 Å². The zero-order valence-corrected chi connectivity index (χ0v) is 10.7. The lowest BCUT2D eigenvalue weighted by Gasteiger charge is -2.09. The van der Waals surface area contributed by atoms with Gasteiger partial charge in [-0.3, -0.25) is 0 Å². The van der Waals surface area contributed by atoms with E-state index in [9.17, 15) is 0 Å². The van der Waals surface area contributed by atoms with Crippen molar-refractivity contribution < 1.29 is 18.9 Å². The van der Waals surface area contributed by atoms with Crippen LogP contribution >= 0.6 is 0 Å². The van der Waals surface area contributed by atoms with Crippen LogP contribution in [0.1, 0.15) is 6.42 Å². The van der Waals surface area contributed by atoms with Crippen molar-refractivity contribution in [3.05, 3.63) is 6.33 Å². The van der Waals surface area contributed by atoms with Gasteiger partial charge in [-0.1, -0.05) is 0 Å². The predicted molar refractivity (Wildman–Crippen MR) is 65.8 cm³/mol. The molecule has 0 aliphatic heterocycles. The van der Waals surface area contributed by atoms with Crippen molar-refractivity contribution in [2.45, 2.75) is 6.42 Å². The van der Waals surface area contributed by atoms with E-state index < -0.39 is 0 Å². The number of anilines is 1. The molecule has 0 saturated heterocycles. The van der Waals surface area contributed by atoms with Crippen molar-refractivity contribution in [2.75, 3.05) is 46.4 Å². The quantitative estimate of drug-likeness (QED) is 0.644. The summed E-state index contributed by atoms with van der Waals surface area (Å²) in [5.74, 6) is 0.648. The van der Waals surface area contributed by atoms with Crippen LogP contribution in [0.5, 0.6) is 11.8 Å². The molecule has 1 aromatic rings. The molecule has 102 valence electrons. The average Bonchev–Trinajstić information content (AvgIpc) is 2.39. The Morgan fingerprint density at radius 1 is 1.06 bits per heavy atom. The van der Waals surface area contributed by atoms with Crippen molar-refractivity contribution in [2.24, 2.45) is 0 Å². The summed E-state index contributed by atoms with van der Waals surface area (Å²) in [4.78, 5) is 7.79. The highest BCUT2D eigenvalue weighted by Crippen LogP contribution is 2.25. The van der Waals surface area contributed by atoms with Gasteiger partial charge in [-0.25, -0.2) is 0 Å². The highest BCUT2D eigenvalue weighted by Gasteiger charge is 2.08.